The fourth-order valence-corrected chi connectivity index (χ4v) is 2.39. The van der Waals surface area contributed by atoms with Crippen molar-refractivity contribution in [3.8, 4) is 0 Å². The topological polar surface area (TPSA) is 42.7 Å². The highest BCUT2D eigenvalue weighted by molar-refractivity contribution is 5.07. The molecule has 0 spiro atoms. The molecule has 1 fully saturated rings. The summed E-state index contributed by atoms with van der Waals surface area (Å²) in [5, 5.41) is 11.4. The molecule has 14 heavy (non-hydrogen) atoms. The minimum atomic E-state index is 0.652. The van der Waals surface area contributed by atoms with Crippen LogP contribution in [-0.4, -0.2) is 27.6 Å². The molecule has 0 amide bonds. The van der Waals surface area contributed by atoms with Crippen LogP contribution in [0.5, 0.6) is 0 Å². The standard InChI is InChI=1S/C10H18N4/c1-3-11-9-5-4-8(6-9)10-7-12-13-14(10)2/h7-9,11H,3-6H2,1-2H3. The summed E-state index contributed by atoms with van der Waals surface area (Å²) < 4.78 is 1.90. The third-order valence-corrected chi connectivity index (χ3v) is 3.09. The first-order valence-electron chi connectivity index (χ1n) is 5.39. The molecule has 1 aliphatic rings. The fraction of sp³-hybridized carbons (Fsp3) is 0.800. The van der Waals surface area contributed by atoms with Crippen LogP contribution in [0.25, 0.3) is 0 Å². The first-order chi connectivity index (χ1) is 6.81. The van der Waals surface area contributed by atoms with Crippen molar-refractivity contribution in [2.45, 2.75) is 38.1 Å². The lowest BCUT2D eigenvalue weighted by atomic mass is 10.0. The summed E-state index contributed by atoms with van der Waals surface area (Å²) >= 11 is 0. The molecule has 4 nitrogen and oxygen atoms in total. The summed E-state index contributed by atoms with van der Waals surface area (Å²) in [6.07, 6.45) is 5.68. The third kappa shape index (κ3) is 1.80. The Morgan fingerprint density at radius 1 is 1.57 bits per heavy atom. The third-order valence-electron chi connectivity index (χ3n) is 3.09. The second-order valence-corrected chi connectivity index (χ2v) is 4.05. The molecule has 78 valence electrons. The molecule has 0 aliphatic heterocycles. The van der Waals surface area contributed by atoms with E-state index >= 15 is 0 Å². The Hall–Kier alpha value is -0.900. The molecule has 2 atom stereocenters. The SMILES string of the molecule is CCNC1CCC(c2cnnn2C)C1. The molecule has 1 heterocycles. The van der Waals surface area contributed by atoms with E-state index in [1.807, 2.05) is 17.9 Å². The summed E-state index contributed by atoms with van der Waals surface area (Å²) in [5.74, 6) is 0.652. The van der Waals surface area contributed by atoms with Gasteiger partial charge in [0.05, 0.1) is 11.9 Å². The maximum Gasteiger partial charge on any atom is 0.0727 e. The van der Waals surface area contributed by atoms with Gasteiger partial charge < -0.3 is 5.32 Å². The number of hydrogen-bond acceptors (Lipinski definition) is 3. The number of rotatable bonds is 3. The highest BCUT2D eigenvalue weighted by atomic mass is 15.4. The molecule has 1 aromatic heterocycles. The number of aromatic nitrogens is 3. The van der Waals surface area contributed by atoms with Crippen molar-refractivity contribution < 1.29 is 0 Å². The van der Waals surface area contributed by atoms with E-state index in [9.17, 15) is 0 Å². The van der Waals surface area contributed by atoms with Gasteiger partial charge in [-0.2, -0.15) is 0 Å². The zero-order valence-corrected chi connectivity index (χ0v) is 8.90. The normalized spacial score (nSPS) is 27.0. The van der Waals surface area contributed by atoms with E-state index in [1.165, 1.54) is 25.0 Å². The van der Waals surface area contributed by atoms with Crippen molar-refractivity contribution in [3.05, 3.63) is 11.9 Å². The van der Waals surface area contributed by atoms with E-state index in [-0.39, 0.29) is 0 Å². The fourth-order valence-electron chi connectivity index (χ4n) is 2.39. The van der Waals surface area contributed by atoms with E-state index in [0.29, 0.717) is 12.0 Å². The van der Waals surface area contributed by atoms with Crippen molar-refractivity contribution in [2.24, 2.45) is 7.05 Å². The molecule has 2 unspecified atom stereocenters. The number of aryl methyl sites for hydroxylation is 1. The molecule has 0 bridgehead atoms. The van der Waals surface area contributed by atoms with Crippen LogP contribution < -0.4 is 5.32 Å². The maximum absolute atomic E-state index is 3.98. The Morgan fingerprint density at radius 2 is 2.43 bits per heavy atom. The van der Waals surface area contributed by atoms with Crippen molar-refractivity contribution in [1.82, 2.24) is 20.3 Å². The van der Waals surface area contributed by atoms with Crippen LogP contribution in [0.1, 0.15) is 37.8 Å². The average Bonchev–Trinajstić information content (AvgIpc) is 2.74. The molecule has 2 rings (SSSR count). The molecule has 4 heteroatoms. The van der Waals surface area contributed by atoms with Gasteiger partial charge in [0.25, 0.3) is 0 Å². The Balaban J connectivity index is 1.99. The Labute approximate surface area is 84.7 Å². The van der Waals surface area contributed by atoms with Gasteiger partial charge in [-0.1, -0.05) is 12.1 Å². The minimum Gasteiger partial charge on any atom is -0.314 e. The highest BCUT2D eigenvalue weighted by Crippen LogP contribution is 2.33. The van der Waals surface area contributed by atoms with Gasteiger partial charge in [0.15, 0.2) is 0 Å². The van der Waals surface area contributed by atoms with Gasteiger partial charge in [-0.25, -0.2) is 0 Å². The zero-order valence-electron chi connectivity index (χ0n) is 8.90. The monoisotopic (exact) mass is 194 g/mol. The van der Waals surface area contributed by atoms with Crippen LogP contribution in [0.15, 0.2) is 6.20 Å². The van der Waals surface area contributed by atoms with Crippen molar-refractivity contribution in [1.29, 1.82) is 0 Å². The van der Waals surface area contributed by atoms with E-state index in [1.54, 1.807) is 0 Å². The quantitative estimate of drug-likeness (QED) is 0.782. The summed E-state index contributed by atoms with van der Waals surface area (Å²) in [7, 11) is 1.98. The van der Waals surface area contributed by atoms with Crippen LogP contribution in [0, 0.1) is 0 Å². The second-order valence-electron chi connectivity index (χ2n) is 4.05. The summed E-state index contributed by atoms with van der Waals surface area (Å²) in [4.78, 5) is 0. The smallest absolute Gasteiger partial charge is 0.0727 e. The van der Waals surface area contributed by atoms with Crippen molar-refractivity contribution in [2.75, 3.05) is 6.54 Å². The summed E-state index contributed by atoms with van der Waals surface area (Å²) in [6, 6.07) is 0.694. The maximum atomic E-state index is 3.98. The van der Waals surface area contributed by atoms with Crippen LogP contribution in [0.2, 0.25) is 0 Å². The first-order valence-corrected chi connectivity index (χ1v) is 5.39. The molecule has 0 aromatic carbocycles. The number of nitrogens with zero attached hydrogens (tertiary/aromatic N) is 3. The highest BCUT2D eigenvalue weighted by Gasteiger charge is 2.27. The van der Waals surface area contributed by atoms with Gasteiger partial charge in [0.1, 0.15) is 0 Å². The molecule has 1 N–H and O–H groups in total. The Kier molecular flexibility index (Phi) is 2.82. The predicted octanol–water partition coefficient (Wildman–Crippen LogP) is 1.06. The van der Waals surface area contributed by atoms with E-state index in [4.69, 9.17) is 0 Å². The Bertz CT molecular complexity index is 294. The molecule has 1 saturated carbocycles. The van der Waals surface area contributed by atoms with Gasteiger partial charge >= 0.3 is 0 Å². The lowest BCUT2D eigenvalue weighted by molar-refractivity contribution is 0.527. The first kappa shape index (κ1) is 9.65. The van der Waals surface area contributed by atoms with E-state index in [2.05, 4.69) is 22.6 Å². The van der Waals surface area contributed by atoms with Crippen molar-refractivity contribution >= 4 is 0 Å². The van der Waals surface area contributed by atoms with Gasteiger partial charge in [-0.05, 0) is 25.8 Å². The molecule has 0 saturated heterocycles. The van der Waals surface area contributed by atoms with Crippen LogP contribution in [0.3, 0.4) is 0 Å². The molecule has 1 aliphatic carbocycles. The van der Waals surface area contributed by atoms with Gasteiger partial charge in [-0.15, -0.1) is 5.10 Å². The largest absolute Gasteiger partial charge is 0.314 e. The van der Waals surface area contributed by atoms with Gasteiger partial charge in [0.2, 0.25) is 0 Å². The van der Waals surface area contributed by atoms with E-state index in [0.717, 1.165) is 6.54 Å². The summed E-state index contributed by atoms with van der Waals surface area (Å²) in [5.41, 5.74) is 1.28. The number of nitrogens with one attached hydrogen (secondary N) is 1. The minimum absolute atomic E-state index is 0.652. The van der Waals surface area contributed by atoms with Crippen LogP contribution in [-0.2, 0) is 7.05 Å². The van der Waals surface area contributed by atoms with E-state index < -0.39 is 0 Å². The Morgan fingerprint density at radius 3 is 3.07 bits per heavy atom. The molecule has 1 aromatic rings. The van der Waals surface area contributed by atoms with Gasteiger partial charge in [0, 0.05) is 19.0 Å². The summed E-state index contributed by atoms with van der Waals surface area (Å²) in [6.45, 7) is 3.24. The molecular formula is C10H18N4. The lowest BCUT2D eigenvalue weighted by Gasteiger charge is -2.11. The number of hydrogen-bond donors (Lipinski definition) is 1. The second kappa shape index (κ2) is 4.09. The van der Waals surface area contributed by atoms with Crippen LogP contribution in [0.4, 0.5) is 0 Å². The molecule has 0 radical (unpaired) electrons. The average molecular weight is 194 g/mol. The van der Waals surface area contributed by atoms with Crippen molar-refractivity contribution in [3.63, 3.8) is 0 Å². The van der Waals surface area contributed by atoms with Gasteiger partial charge in [-0.3, -0.25) is 4.68 Å². The molecular weight excluding hydrogens is 176 g/mol. The lowest BCUT2D eigenvalue weighted by Crippen LogP contribution is -2.25. The zero-order chi connectivity index (χ0) is 9.97. The predicted molar refractivity (Wildman–Crippen MR) is 55.1 cm³/mol. The van der Waals surface area contributed by atoms with Crippen LogP contribution >= 0.6 is 0 Å².